The van der Waals surface area contributed by atoms with Crippen molar-refractivity contribution in [3.8, 4) is 12.0 Å². The number of H-pyrrole nitrogens is 1. The number of thiazole rings is 1. The van der Waals surface area contributed by atoms with Gasteiger partial charge in [-0.25, -0.2) is 4.98 Å². The lowest BCUT2D eigenvalue weighted by Gasteiger charge is -2.13. The number of fused-ring (bicyclic) bond motifs is 1. The largest absolute Gasteiger partial charge is 0.360 e. The second-order valence-electron chi connectivity index (χ2n) is 5.91. The van der Waals surface area contributed by atoms with Crippen molar-refractivity contribution in [3.63, 3.8) is 0 Å². The van der Waals surface area contributed by atoms with E-state index in [9.17, 15) is 0 Å². The van der Waals surface area contributed by atoms with E-state index in [1.165, 1.54) is 0 Å². The maximum atomic E-state index is 4.56. The number of nitrogens with one attached hydrogen (secondary N) is 2. The fourth-order valence-electron chi connectivity index (χ4n) is 2.00. The first-order valence-electron chi connectivity index (χ1n) is 6.83. The molecular formula is C17H17N3S. The van der Waals surface area contributed by atoms with Crippen molar-refractivity contribution in [1.82, 2.24) is 9.97 Å². The first-order valence-corrected chi connectivity index (χ1v) is 7.71. The Morgan fingerprint density at radius 2 is 2.05 bits per heavy atom. The van der Waals surface area contributed by atoms with Gasteiger partial charge in [0.05, 0.1) is 11.3 Å². The van der Waals surface area contributed by atoms with Crippen LogP contribution in [0.2, 0.25) is 0 Å². The number of hydrogen-bond acceptors (Lipinski definition) is 3. The Hall–Kier alpha value is -2.25. The summed E-state index contributed by atoms with van der Waals surface area (Å²) in [5, 5.41) is 7.13. The van der Waals surface area contributed by atoms with Gasteiger partial charge in [-0.3, -0.25) is 5.32 Å². The van der Waals surface area contributed by atoms with Crippen molar-refractivity contribution in [2.45, 2.75) is 26.2 Å². The molecule has 0 bridgehead atoms. The molecule has 0 saturated heterocycles. The zero-order valence-electron chi connectivity index (χ0n) is 12.3. The van der Waals surface area contributed by atoms with Crippen molar-refractivity contribution in [2.24, 2.45) is 0 Å². The van der Waals surface area contributed by atoms with Crippen LogP contribution in [-0.4, -0.2) is 9.97 Å². The average molecular weight is 295 g/mol. The third-order valence-corrected chi connectivity index (χ3v) is 3.99. The van der Waals surface area contributed by atoms with Gasteiger partial charge in [-0.15, -0.1) is 11.3 Å². The standard InChI is InChI=1S/C17H17N3S/c1-17(2,3)15-11-21-16(20-15)18-9-8-12-10-19-14-7-5-4-6-13(12)14/h4-7,10-11,19H,1-3H3,(H,18,20). The Labute approximate surface area is 128 Å². The number of rotatable bonds is 1. The number of para-hydroxylation sites is 1. The number of nitrogens with zero attached hydrogens (tertiary/aromatic N) is 1. The fourth-order valence-corrected chi connectivity index (χ4v) is 2.89. The highest BCUT2D eigenvalue weighted by Crippen LogP contribution is 2.26. The fraction of sp³-hybridized carbons (Fsp3) is 0.235. The van der Waals surface area contributed by atoms with Crippen LogP contribution in [0.1, 0.15) is 32.0 Å². The molecule has 3 nitrogen and oxygen atoms in total. The van der Waals surface area contributed by atoms with Crippen LogP contribution in [0.5, 0.6) is 0 Å². The third kappa shape index (κ3) is 2.93. The molecule has 0 unspecified atom stereocenters. The van der Waals surface area contributed by atoms with Gasteiger partial charge in [0.1, 0.15) is 0 Å². The molecule has 1 aromatic carbocycles. The van der Waals surface area contributed by atoms with Gasteiger partial charge >= 0.3 is 0 Å². The molecule has 2 N–H and O–H groups in total. The van der Waals surface area contributed by atoms with Crippen molar-refractivity contribution in [2.75, 3.05) is 5.32 Å². The highest BCUT2D eigenvalue weighted by atomic mass is 32.1. The Morgan fingerprint density at radius 1 is 1.24 bits per heavy atom. The minimum atomic E-state index is 0.0701. The van der Waals surface area contributed by atoms with Crippen molar-refractivity contribution in [3.05, 3.63) is 47.1 Å². The maximum Gasteiger partial charge on any atom is 0.194 e. The molecule has 0 spiro atoms. The summed E-state index contributed by atoms with van der Waals surface area (Å²) in [6.07, 6.45) is 1.93. The van der Waals surface area contributed by atoms with Crippen molar-refractivity contribution < 1.29 is 0 Å². The SMILES string of the molecule is CC(C)(C)c1csc(NC#Cc2c[nH]c3ccccc23)n1. The van der Waals surface area contributed by atoms with Gasteiger partial charge in [-0.2, -0.15) is 0 Å². The number of hydrogen-bond donors (Lipinski definition) is 2. The summed E-state index contributed by atoms with van der Waals surface area (Å²) in [6, 6.07) is 11.1. The zero-order chi connectivity index (χ0) is 14.9. The van der Waals surface area contributed by atoms with E-state index in [2.05, 4.69) is 59.5 Å². The highest BCUT2D eigenvalue weighted by molar-refractivity contribution is 7.13. The van der Waals surface area contributed by atoms with Crippen LogP contribution in [-0.2, 0) is 5.41 Å². The van der Waals surface area contributed by atoms with E-state index >= 15 is 0 Å². The molecule has 0 saturated carbocycles. The minimum absolute atomic E-state index is 0.0701. The molecule has 0 fully saturated rings. The van der Waals surface area contributed by atoms with Crippen LogP contribution < -0.4 is 5.32 Å². The molecule has 2 aromatic heterocycles. The van der Waals surface area contributed by atoms with E-state index < -0.39 is 0 Å². The van der Waals surface area contributed by atoms with Gasteiger partial charge in [-0.05, 0) is 12.0 Å². The van der Waals surface area contributed by atoms with Gasteiger partial charge < -0.3 is 4.98 Å². The molecule has 0 aliphatic carbocycles. The van der Waals surface area contributed by atoms with Crippen LogP contribution in [0.15, 0.2) is 35.8 Å². The number of benzene rings is 1. The average Bonchev–Trinajstić information content (AvgIpc) is 3.06. The molecule has 0 amide bonds. The summed E-state index contributed by atoms with van der Waals surface area (Å²) < 4.78 is 0. The zero-order valence-corrected chi connectivity index (χ0v) is 13.1. The molecule has 21 heavy (non-hydrogen) atoms. The van der Waals surface area contributed by atoms with E-state index in [4.69, 9.17) is 0 Å². The molecule has 0 radical (unpaired) electrons. The first-order chi connectivity index (χ1) is 10.0. The first kappa shape index (κ1) is 13.7. The molecule has 0 aliphatic rings. The molecule has 106 valence electrons. The molecular weight excluding hydrogens is 278 g/mol. The Balaban J connectivity index is 1.78. The van der Waals surface area contributed by atoms with E-state index in [0.717, 1.165) is 27.3 Å². The second kappa shape index (κ2) is 5.27. The quantitative estimate of drug-likeness (QED) is 0.518. The number of anilines is 1. The predicted octanol–water partition coefficient (Wildman–Crippen LogP) is 4.34. The topological polar surface area (TPSA) is 40.7 Å². The van der Waals surface area contributed by atoms with Gasteiger partial charge in [0.25, 0.3) is 0 Å². The Bertz CT molecular complexity index is 825. The summed E-state index contributed by atoms with van der Waals surface area (Å²) in [6.45, 7) is 6.47. The van der Waals surface area contributed by atoms with E-state index in [1.54, 1.807) is 11.3 Å². The monoisotopic (exact) mass is 295 g/mol. The molecule has 3 aromatic rings. The molecule has 2 heterocycles. The summed E-state index contributed by atoms with van der Waals surface area (Å²) in [7, 11) is 0. The molecule has 4 heteroatoms. The molecule has 0 aliphatic heterocycles. The van der Waals surface area contributed by atoms with E-state index in [1.807, 2.05) is 24.4 Å². The predicted molar refractivity (Wildman–Crippen MR) is 89.6 cm³/mol. The lowest BCUT2D eigenvalue weighted by atomic mass is 9.93. The molecule has 0 atom stereocenters. The van der Waals surface area contributed by atoms with Crippen LogP contribution in [0.3, 0.4) is 0 Å². The van der Waals surface area contributed by atoms with Crippen LogP contribution in [0, 0.1) is 12.0 Å². The Kier molecular flexibility index (Phi) is 3.44. The van der Waals surface area contributed by atoms with Crippen LogP contribution >= 0.6 is 11.3 Å². The smallest absolute Gasteiger partial charge is 0.194 e. The van der Waals surface area contributed by atoms with Crippen molar-refractivity contribution >= 4 is 27.4 Å². The normalized spacial score (nSPS) is 11.2. The summed E-state index contributed by atoms with van der Waals surface area (Å²) in [4.78, 5) is 7.78. The maximum absolute atomic E-state index is 4.56. The van der Waals surface area contributed by atoms with Gasteiger partial charge in [0.2, 0.25) is 0 Å². The number of aromatic amines is 1. The number of aromatic nitrogens is 2. The van der Waals surface area contributed by atoms with Crippen molar-refractivity contribution in [1.29, 1.82) is 0 Å². The lowest BCUT2D eigenvalue weighted by Crippen LogP contribution is -2.11. The summed E-state index contributed by atoms with van der Waals surface area (Å²) in [5.41, 5.74) is 3.25. The van der Waals surface area contributed by atoms with Crippen LogP contribution in [0.25, 0.3) is 10.9 Å². The van der Waals surface area contributed by atoms with E-state index in [-0.39, 0.29) is 5.41 Å². The van der Waals surface area contributed by atoms with Gasteiger partial charge in [-0.1, -0.05) is 39.0 Å². The summed E-state index contributed by atoms with van der Waals surface area (Å²) >= 11 is 1.58. The second-order valence-corrected chi connectivity index (χ2v) is 6.77. The van der Waals surface area contributed by atoms with E-state index in [0.29, 0.717) is 0 Å². The molecule has 3 rings (SSSR count). The minimum Gasteiger partial charge on any atom is -0.360 e. The van der Waals surface area contributed by atoms with Gasteiger partial charge in [0, 0.05) is 33.9 Å². The third-order valence-electron chi connectivity index (χ3n) is 3.23. The van der Waals surface area contributed by atoms with Gasteiger partial charge in [0.15, 0.2) is 5.13 Å². The Morgan fingerprint density at radius 3 is 2.81 bits per heavy atom. The highest BCUT2D eigenvalue weighted by Gasteiger charge is 2.16. The summed E-state index contributed by atoms with van der Waals surface area (Å²) in [5.74, 6) is 3.14. The lowest BCUT2D eigenvalue weighted by molar-refractivity contribution is 0.573. The van der Waals surface area contributed by atoms with Crippen LogP contribution in [0.4, 0.5) is 5.13 Å².